The lowest BCUT2D eigenvalue weighted by Gasteiger charge is -1.96. The standard InChI is InChI=1S/C6H5ClO2.C4H7N5O/c7-5-2-1-4(8)3-6(5)9;5-1-2(6)8-4(7)9-3(1)10/h1-3,8-9H;5H2,(H5,6,7,8,9,10). The van der Waals surface area contributed by atoms with Gasteiger partial charge in [0.05, 0.1) is 5.02 Å². The number of anilines is 3. The molecule has 0 aliphatic carbocycles. The van der Waals surface area contributed by atoms with Crippen molar-refractivity contribution in [3.8, 4) is 11.5 Å². The fourth-order valence-electron chi connectivity index (χ4n) is 1.02. The van der Waals surface area contributed by atoms with Gasteiger partial charge in [-0.05, 0) is 12.1 Å². The molecule has 1 aromatic heterocycles. The number of rotatable bonds is 0. The van der Waals surface area contributed by atoms with Crippen LogP contribution in [-0.2, 0) is 0 Å². The number of H-pyrrole nitrogens is 1. The van der Waals surface area contributed by atoms with Crippen molar-refractivity contribution in [2.24, 2.45) is 0 Å². The maximum atomic E-state index is 10.7. The first-order chi connectivity index (χ1) is 8.81. The fraction of sp³-hybridized carbons (Fsp3) is 0. The van der Waals surface area contributed by atoms with E-state index in [0.717, 1.165) is 0 Å². The molecule has 102 valence electrons. The number of aromatic amines is 1. The largest absolute Gasteiger partial charge is 0.508 e. The van der Waals surface area contributed by atoms with Crippen molar-refractivity contribution in [1.29, 1.82) is 0 Å². The molecule has 9 heteroatoms. The number of phenolic OH excluding ortho intramolecular Hbond substituents is 2. The van der Waals surface area contributed by atoms with Gasteiger partial charge in [0.1, 0.15) is 17.2 Å². The molecule has 2 aromatic rings. The summed E-state index contributed by atoms with van der Waals surface area (Å²) in [5.74, 6) is -0.161. The van der Waals surface area contributed by atoms with Gasteiger partial charge in [0.15, 0.2) is 5.82 Å². The number of nitrogens with one attached hydrogen (secondary N) is 1. The van der Waals surface area contributed by atoms with Crippen LogP contribution in [0.15, 0.2) is 23.0 Å². The van der Waals surface area contributed by atoms with Crippen LogP contribution in [-0.4, -0.2) is 20.2 Å². The minimum atomic E-state index is -0.509. The lowest BCUT2D eigenvalue weighted by atomic mass is 10.3. The molecule has 0 aliphatic heterocycles. The number of nitrogens with two attached hydrogens (primary N) is 3. The van der Waals surface area contributed by atoms with Crippen LogP contribution in [0.3, 0.4) is 0 Å². The SMILES string of the molecule is Nc1nc(N)c(N)c(=O)[nH]1.Oc1ccc(Cl)c(O)c1. The van der Waals surface area contributed by atoms with Gasteiger partial charge in [-0.25, -0.2) is 0 Å². The lowest BCUT2D eigenvalue weighted by molar-refractivity contribution is 0.451. The van der Waals surface area contributed by atoms with Crippen molar-refractivity contribution in [2.75, 3.05) is 17.2 Å². The zero-order valence-electron chi connectivity index (χ0n) is 9.59. The van der Waals surface area contributed by atoms with E-state index in [0.29, 0.717) is 0 Å². The third-order valence-corrected chi connectivity index (χ3v) is 2.25. The van der Waals surface area contributed by atoms with E-state index in [-0.39, 0.29) is 34.0 Å². The van der Waals surface area contributed by atoms with E-state index in [4.69, 9.17) is 39.0 Å². The molecular weight excluding hydrogens is 274 g/mol. The van der Waals surface area contributed by atoms with E-state index in [1.165, 1.54) is 18.2 Å². The fourth-order valence-corrected chi connectivity index (χ4v) is 1.14. The molecule has 8 nitrogen and oxygen atoms in total. The number of hydrogen-bond donors (Lipinski definition) is 6. The molecule has 0 saturated heterocycles. The van der Waals surface area contributed by atoms with Gasteiger partial charge in [-0.1, -0.05) is 11.6 Å². The summed E-state index contributed by atoms with van der Waals surface area (Å²) >= 11 is 5.42. The average molecular weight is 286 g/mol. The van der Waals surface area contributed by atoms with Crippen LogP contribution in [0.25, 0.3) is 0 Å². The highest BCUT2D eigenvalue weighted by atomic mass is 35.5. The number of nitrogen functional groups attached to an aromatic ring is 3. The second kappa shape index (κ2) is 5.83. The maximum absolute atomic E-state index is 10.7. The van der Waals surface area contributed by atoms with E-state index < -0.39 is 5.56 Å². The molecular formula is C10H12ClN5O3. The van der Waals surface area contributed by atoms with Crippen molar-refractivity contribution in [3.05, 3.63) is 33.6 Å². The first-order valence-electron chi connectivity index (χ1n) is 4.89. The van der Waals surface area contributed by atoms with Crippen LogP contribution in [0.4, 0.5) is 17.5 Å². The summed E-state index contributed by atoms with van der Waals surface area (Å²) in [6, 6.07) is 4.01. The summed E-state index contributed by atoms with van der Waals surface area (Å²) in [7, 11) is 0. The van der Waals surface area contributed by atoms with Gasteiger partial charge in [-0.2, -0.15) is 4.98 Å². The average Bonchev–Trinajstić information content (AvgIpc) is 2.32. The van der Waals surface area contributed by atoms with Crippen LogP contribution in [0.2, 0.25) is 5.02 Å². The molecule has 0 unspecified atom stereocenters. The molecule has 0 spiro atoms. The molecule has 1 heterocycles. The summed E-state index contributed by atoms with van der Waals surface area (Å²) in [5, 5.41) is 17.8. The topological polar surface area (TPSA) is 164 Å². The number of nitrogens with zero attached hydrogens (tertiary/aromatic N) is 1. The summed E-state index contributed by atoms with van der Waals surface area (Å²) in [4.78, 5) is 16.4. The molecule has 0 saturated carbocycles. The molecule has 9 N–H and O–H groups in total. The highest BCUT2D eigenvalue weighted by Crippen LogP contribution is 2.26. The smallest absolute Gasteiger partial charge is 0.277 e. The summed E-state index contributed by atoms with van der Waals surface area (Å²) < 4.78 is 0. The lowest BCUT2D eigenvalue weighted by Crippen LogP contribution is -2.17. The summed E-state index contributed by atoms with van der Waals surface area (Å²) in [6.07, 6.45) is 0. The third kappa shape index (κ3) is 3.96. The van der Waals surface area contributed by atoms with Crippen LogP contribution >= 0.6 is 11.6 Å². The predicted octanol–water partition coefficient (Wildman–Crippen LogP) is 0.268. The van der Waals surface area contributed by atoms with Crippen molar-refractivity contribution in [1.82, 2.24) is 9.97 Å². The predicted molar refractivity (Wildman–Crippen MR) is 72.9 cm³/mol. The van der Waals surface area contributed by atoms with E-state index >= 15 is 0 Å². The highest BCUT2D eigenvalue weighted by Gasteiger charge is 2.00. The second-order valence-electron chi connectivity index (χ2n) is 3.39. The van der Waals surface area contributed by atoms with Gasteiger partial charge in [0, 0.05) is 6.07 Å². The zero-order valence-corrected chi connectivity index (χ0v) is 10.3. The first-order valence-corrected chi connectivity index (χ1v) is 5.27. The van der Waals surface area contributed by atoms with Gasteiger partial charge in [0.25, 0.3) is 5.56 Å². The van der Waals surface area contributed by atoms with Gasteiger partial charge >= 0.3 is 0 Å². The quantitative estimate of drug-likeness (QED) is 0.404. The Morgan fingerprint density at radius 2 is 1.84 bits per heavy atom. The molecule has 0 atom stereocenters. The maximum Gasteiger partial charge on any atom is 0.277 e. The second-order valence-corrected chi connectivity index (χ2v) is 3.79. The molecule has 0 bridgehead atoms. The Morgan fingerprint density at radius 3 is 2.32 bits per heavy atom. The Hall–Kier alpha value is -2.61. The molecule has 1 aromatic carbocycles. The van der Waals surface area contributed by atoms with Gasteiger partial charge in [-0.3, -0.25) is 9.78 Å². The summed E-state index contributed by atoms with van der Waals surface area (Å²) in [6.45, 7) is 0. The Morgan fingerprint density at radius 1 is 1.21 bits per heavy atom. The normalized spacial score (nSPS) is 9.53. The monoisotopic (exact) mass is 285 g/mol. The number of phenols is 2. The number of halogens is 1. The Kier molecular flexibility index (Phi) is 4.43. The minimum Gasteiger partial charge on any atom is -0.508 e. The van der Waals surface area contributed by atoms with Crippen LogP contribution in [0.1, 0.15) is 0 Å². The number of aromatic hydroxyl groups is 2. The van der Waals surface area contributed by atoms with Gasteiger partial charge in [0.2, 0.25) is 5.95 Å². The molecule has 2 rings (SSSR count). The van der Waals surface area contributed by atoms with Crippen molar-refractivity contribution in [2.45, 2.75) is 0 Å². The summed E-state index contributed by atoms with van der Waals surface area (Å²) in [5.41, 5.74) is 14.9. The van der Waals surface area contributed by atoms with Gasteiger partial charge in [-0.15, -0.1) is 0 Å². The van der Waals surface area contributed by atoms with E-state index in [2.05, 4.69) is 9.97 Å². The van der Waals surface area contributed by atoms with E-state index in [1.807, 2.05) is 0 Å². The van der Waals surface area contributed by atoms with Crippen LogP contribution < -0.4 is 22.8 Å². The van der Waals surface area contributed by atoms with Crippen molar-refractivity contribution >= 4 is 29.1 Å². The third-order valence-electron chi connectivity index (χ3n) is 1.93. The van der Waals surface area contributed by atoms with Crippen molar-refractivity contribution < 1.29 is 10.2 Å². The zero-order chi connectivity index (χ0) is 14.6. The minimum absolute atomic E-state index is 0.0110. The van der Waals surface area contributed by atoms with Crippen molar-refractivity contribution in [3.63, 3.8) is 0 Å². The molecule has 0 radical (unpaired) electrons. The molecule has 0 aliphatic rings. The highest BCUT2D eigenvalue weighted by molar-refractivity contribution is 6.32. The Balaban J connectivity index is 0.000000191. The number of benzene rings is 1. The molecule has 0 fully saturated rings. The van der Waals surface area contributed by atoms with E-state index in [1.54, 1.807) is 0 Å². The number of aromatic nitrogens is 2. The van der Waals surface area contributed by atoms with Crippen LogP contribution in [0.5, 0.6) is 11.5 Å². The molecule has 0 amide bonds. The Bertz CT molecular complexity index is 644. The van der Waals surface area contributed by atoms with E-state index in [9.17, 15) is 4.79 Å². The number of hydrogen-bond acceptors (Lipinski definition) is 7. The van der Waals surface area contributed by atoms with Gasteiger partial charge < -0.3 is 27.4 Å². The molecule has 19 heavy (non-hydrogen) atoms. The Labute approximate surface area is 112 Å². The van der Waals surface area contributed by atoms with Crippen LogP contribution in [0, 0.1) is 0 Å². The first kappa shape index (κ1) is 14.5.